The normalized spacial score (nSPS) is 14.6. The minimum Gasteiger partial charge on any atom is -0.342 e. The number of hydrogen-bond acceptors (Lipinski definition) is 2. The number of amides is 3. The SMILES string of the molecule is CCN(CC)C(=O)CN1CCN(c2ccc(F)c(F)c2)C1=O. The molecule has 0 atom stereocenters. The fraction of sp³-hybridized carbons (Fsp3) is 0.467. The number of benzene rings is 1. The smallest absolute Gasteiger partial charge is 0.325 e. The van der Waals surface area contributed by atoms with Crippen LogP contribution in [0.5, 0.6) is 0 Å². The Morgan fingerprint density at radius 2 is 1.86 bits per heavy atom. The minimum atomic E-state index is -0.997. The van der Waals surface area contributed by atoms with Crippen LogP contribution in [-0.2, 0) is 4.79 Å². The summed E-state index contributed by atoms with van der Waals surface area (Å²) >= 11 is 0. The van der Waals surface area contributed by atoms with Crippen molar-refractivity contribution in [1.82, 2.24) is 9.80 Å². The number of carbonyl (C=O) groups excluding carboxylic acids is 2. The lowest BCUT2D eigenvalue weighted by Crippen LogP contribution is -2.42. The van der Waals surface area contributed by atoms with Crippen molar-refractivity contribution in [3.8, 4) is 0 Å². The van der Waals surface area contributed by atoms with Gasteiger partial charge < -0.3 is 9.80 Å². The first-order valence-electron chi connectivity index (χ1n) is 7.27. The summed E-state index contributed by atoms with van der Waals surface area (Å²) in [5.41, 5.74) is 0.293. The van der Waals surface area contributed by atoms with Gasteiger partial charge >= 0.3 is 6.03 Å². The molecule has 0 saturated carbocycles. The molecule has 5 nitrogen and oxygen atoms in total. The summed E-state index contributed by atoms with van der Waals surface area (Å²) in [5, 5.41) is 0. The number of nitrogens with zero attached hydrogens (tertiary/aromatic N) is 3. The van der Waals surface area contributed by atoms with Crippen LogP contribution in [0.1, 0.15) is 13.8 Å². The van der Waals surface area contributed by atoms with Gasteiger partial charge in [-0.2, -0.15) is 0 Å². The van der Waals surface area contributed by atoms with Crippen LogP contribution in [0.2, 0.25) is 0 Å². The second-order valence-electron chi connectivity index (χ2n) is 5.02. The third-order valence-corrected chi connectivity index (χ3v) is 3.75. The number of anilines is 1. The molecule has 0 radical (unpaired) electrons. The van der Waals surface area contributed by atoms with Crippen LogP contribution < -0.4 is 4.90 Å². The second kappa shape index (κ2) is 6.72. The molecule has 1 aromatic carbocycles. The summed E-state index contributed by atoms with van der Waals surface area (Å²) < 4.78 is 26.2. The summed E-state index contributed by atoms with van der Waals surface area (Å²) in [7, 11) is 0. The fourth-order valence-corrected chi connectivity index (χ4v) is 2.46. The van der Waals surface area contributed by atoms with Crippen molar-refractivity contribution in [2.45, 2.75) is 13.8 Å². The molecule has 0 N–H and O–H groups in total. The van der Waals surface area contributed by atoms with E-state index in [1.165, 1.54) is 15.9 Å². The summed E-state index contributed by atoms with van der Waals surface area (Å²) in [5.74, 6) is -2.07. The molecule has 1 aliphatic rings. The molecule has 7 heteroatoms. The van der Waals surface area contributed by atoms with Crippen LogP contribution in [0.3, 0.4) is 0 Å². The Morgan fingerprint density at radius 1 is 1.18 bits per heavy atom. The lowest BCUT2D eigenvalue weighted by atomic mass is 10.3. The Morgan fingerprint density at radius 3 is 2.45 bits per heavy atom. The zero-order valence-corrected chi connectivity index (χ0v) is 12.7. The Labute approximate surface area is 128 Å². The second-order valence-corrected chi connectivity index (χ2v) is 5.02. The number of hydrogen-bond donors (Lipinski definition) is 0. The van der Waals surface area contributed by atoms with Crippen molar-refractivity contribution < 1.29 is 18.4 Å². The molecule has 22 heavy (non-hydrogen) atoms. The highest BCUT2D eigenvalue weighted by Crippen LogP contribution is 2.22. The van der Waals surface area contributed by atoms with Gasteiger partial charge in [0.15, 0.2) is 11.6 Å². The lowest BCUT2D eigenvalue weighted by molar-refractivity contribution is -0.131. The predicted molar refractivity (Wildman–Crippen MR) is 78.6 cm³/mol. The summed E-state index contributed by atoms with van der Waals surface area (Å²) in [4.78, 5) is 28.8. The first-order valence-corrected chi connectivity index (χ1v) is 7.27. The maximum atomic E-state index is 13.3. The van der Waals surface area contributed by atoms with E-state index in [1.54, 1.807) is 4.90 Å². The molecule has 1 aliphatic heterocycles. The molecular formula is C15H19F2N3O2. The number of urea groups is 1. The maximum Gasteiger partial charge on any atom is 0.325 e. The van der Waals surface area contributed by atoms with E-state index in [-0.39, 0.29) is 18.5 Å². The average molecular weight is 311 g/mol. The molecule has 0 aromatic heterocycles. The summed E-state index contributed by atoms with van der Waals surface area (Å²) in [6, 6.07) is 2.96. The largest absolute Gasteiger partial charge is 0.342 e. The molecular weight excluding hydrogens is 292 g/mol. The molecule has 0 bridgehead atoms. The van der Waals surface area contributed by atoms with Gasteiger partial charge in [0.1, 0.15) is 6.54 Å². The van der Waals surface area contributed by atoms with Crippen molar-refractivity contribution >= 4 is 17.6 Å². The number of carbonyl (C=O) groups is 2. The topological polar surface area (TPSA) is 43.9 Å². The van der Waals surface area contributed by atoms with Gasteiger partial charge in [0.05, 0.1) is 0 Å². The number of halogens is 2. The van der Waals surface area contributed by atoms with Gasteiger partial charge in [-0.25, -0.2) is 13.6 Å². The van der Waals surface area contributed by atoms with Crippen molar-refractivity contribution in [1.29, 1.82) is 0 Å². The van der Waals surface area contributed by atoms with Crippen LogP contribution in [0.4, 0.5) is 19.3 Å². The minimum absolute atomic E-state index is 0.000685. The summed E-state index contributed by atoms with van der Waals surface area (Å²) in [6.07, 6.45) is 0. The van der Waals surface area contributed by atoms with E-state index in [4.69, 9.17) is 0 Å². The highest BCUT2D eigenvalue weighted by Gasteiger charge is 2.31. The van der Waals surface area contributed by atoms with Crippen LogP contribution in [0.25, 0.3) is 0 Å². The fourth-order valence-electron chi connectivity index (χ4n) is 2.46. The molecule has 120 valence electrons. The summed E-state index contributed by atoms with van der Waals surface area (Å²) in [6.45, 7) is 5.65. The van der Waals surface area contributed by atoms with Crippen molar-refractivity contribution in [2.75, 3.05) is 37.6 Å². The first kappa shape index (κ1) is 16.2. The average Bonchev–Trinajstić information content (AvgIpc) is 2.84. The van der Waals surface area contributed by atoms with Crippen LogP contribution in [0, 0.1) is 11.6 Å². The van der Waals surface area contributed by atoms with Crippen LogP contribution >= 0.6 is 0 Å². The standard InChI is InChI=1S/C15H19F2N3O2/c1-3-18(4-2)14(21)10-19-7-8-20(15(19)22)11-5-6-12(16)13(17)9-11/h5-6,9H,3-4,7-8,10H2,1-2H3. The highest BCUT2D eigenvalue weighted by molar-refractivity contribution is 5.96. The molecule has 0 spiro atoms. The van der Waals surface area contributed by atoms with E-state index in [0.29, 0.717) is 31.9 Å². The predicted octanol–water partition coefficient (Wildman–Crippen LogP) is 2.08. The Kier molecular flexibility index (Phi) is 4.95. The van der Waals surface area contributed by atoms with Gasteiger partial charge in [-0.05, 0) is 26.0 Å². The third-order valence-electron chi connectivity index (χ3n) is 3.75. The first-order chi connectivity index (χ1) is 10.5. The van der Waals surface area contributed by atoms with Crippen LogP contribution in [-0.4, -0.2) is 54.5 Å². The molecule has 1 heterocycles. The highest BCUT2D eigenvalue weighted by atomic mass is 19.2. The third kappa shape index (κ3) is 3.18. The number of rotatable bonds is 5. The van der Waals surface area contributed by atoms with E-state index in [0.717, 1.165) is 12.1 Å². The van der Waals surface area contributed by atoms with Gasteiger partial charge in [-0.1, -0.05) is 0 Å². The van der Waals surface area contributed by atoms with E-state index in [1.807, 2.05) is 13.8 Å². The van der Waals surface area contributed by atoms with Gasteiger partial charge in [0.25, 0.3) is 0 Å². The Bertz CT molecular complexity index is 576. The lowest BCUT2D eigenvalue weighted by Gasteiger charge is -2.23. The van der Waals surface area contributed by atoms with Gasteiger partial charge in [-0.15, -0.1) is 0 Å². The quantitative estimate of drug-likeness (QED) is 0.835. The van der Waals surface area contributed by atoms with Crippen molar-refractivity contribution in [3.05, 3.63) is 29.8 Å². The van der Waals surface area contributed by atoms with E-state index < -0.39 is 11.6 Å². The monoisotopic (exact) mass is 311 g/mol. The van der Waals surface area contributed by atoms with Gasteiger partial charge in [0.2, 0.25) is 5.91 Å². The molecule has 2 rings (SSSR count). The van der Waals surface area contributed by atoms with Gasteiger partial charge in [-0.3, -0.25) is 9.69 Å². The molecule has 0 aliphatic carbocycles. The van der Waals surface area contributed by atoms with E-state index in [9.17, 15) is 18.4 Å². The molecule has 1 aromatic rings. The Hall–Kier alpha value is -2.18. The molecule has 1 saturated heterocycles. The molecule has 3 amide bonds. The van der Waals surface area contributed by atoms with E-state index in [2.05, 4.69) is 0 Å². The Balaban J connectivity index is 2.06. The van der Waals surface area contributed by atoms with Gasteiger partial charge in [0, 0.05) is 37.9 Å². The van der Waals surface area contributed by atoms with Crippen LogP contribution in [0.15, 0.2) is 18.2 Å². The number of likely N-dealkylation sites (N-methyl/N-ethyl adjacent to an activating group) is 1. The zero-order chi connectivity index (χ0) is 16.3. The molecule has 0 unspecified atom stereocenters. The molecule has 1 fully saturated rings. The van der Waals surface area contributed by atoms with E-state index >= 15 is 0 Å². The zero-order valence-electron chi connectivity index (χ0n) is 12.7. The van der Waals surface area contributed by atoms with Crippen molar-refractivity contribution in [3.63, 3.8) is 0 Å². The van der Waals surface area contributed by atoms with Crippen molar-refractivity contribution in [2.24, 2.45) is 0 Å². The maximum absolute atomic E-state index is 13.3.